The van der Waals surface area contributed by atoms with E-state index in [1.165, 1.54) is 18.4 Å². The number of rotatable bonds is 4. The molecule has 1 aromatic heterocycles. The third kappa shape index (κ3) is 3.50. The molecule has 1 unspecified atom stereocenters. The molecule has 0 spiro atoms. The molecule has 1 saturated heterocycles. The van der Waals surface area contributed by atoms with Gasteiger partial charge in [-0.2, -0.15) is 0 Å². The van der Waals surface area contributed by atoms with Crippen LogP contribution in [0.4, 0.5) is 5.13 Å². The average Bonchev–Trinajstić information content (AvgIpc) is 2.98. The van der Waals surface area contributed by atoms with Crippen LogP contribution in [0.2, 0.25) is 0 Å². The lowest BCUT2D eigenvalue weighted by molar-refractivity contribution is -0.139. The topological polar surface area (TPSA) is 97.4 Å². The van der Waals surface area contributed by atoms with Crippen LogP contribution in [0.3, 0.4) is 0 Å². The van der Waals surface area contributed by atoms with Gasteiger partial charge in [0.1, 0.15) is 6.04 Å². The van der Waals surface area contributed by atoms with Gasteiger partial charge in [-0.1, -0.05) is 0 Å². The summed E-state index contributed by atoms with van der Waals surface area (Å²) in [4.78, 5) is 38.0. The zero-order valence-electron chi connectivity index (χ0n) is 10.3. The number of thiazole rings is 1. The SMILES string of the molecule is COC(=O)Cc1csc(NC(=O)C2CCC(=O)N2)n1. The monoisotopic (exact) mass is 283 g/mol. The fraction of sp³-hybridized carbons (Fsp3) is 0.455. The molecule has 2 rings (SSSR count). The summed E-state index contributed by atoms with van der Waals surface area (Å²) in [5, 5.41) is 7.28. The fourth-order valence-corrected chi connectivity index (χ4v) is 2.38. The molecule has 2 heterocycles. The first-order valence-corrected chi connectivity index (χ1v) is 6.58. The molecule has 19 heavy (non-hydrogen) atoms. The third-order valence-electron chi connectivity index (χ3n) is 2.65. The van der Waals surface area contributed by atoms with Gasteiger partial charge in [-0.05, 0) is 6.42 Å². The number of esters is 1. The summed E-state index contributed by atoms with van der Waals surface area (Å²) in [6.07, 6.45) is 0.928. The number of hydrogen-bond acceptors (Lipinski definition) is 6. The maximum atomic E-state index is 11.8. The Balaban J connectivity index is 1.90. The number of carbonyl (C=O) groups is 3. The van der Waals surface area contributed by atoms with Crippen LogP contribution in [0.1, 0.15) is 18.5 Å². The van der Waals surface area contributed by atoms with Crippen LogP contribution in [0.15, 0.2) is 5.38 Å². The molecule has 1 atom stereocenters. The molecule has 0 aromatic carbocycles. The van der Waals surface area contributed by atoms with Gasteiger partial charge in [-0.3, -0.25) is 14.4 Å². The molecule has 1 aliphatic rings. The standard InChI is InChI=1S/C11H13N3O4S/c1-18-9(16)4-6-5-19-11(12-6)14-10(17)7-2-3-8(15)13-7/h5,7H,2-4H2,1H3,(H,13,15)(H,12,14,17). The number of amides is 2. The summed E-state index contributed by atoms with van der Waals surface area (Å²) < 4.78 is 4.53. The second kappa shape index (κ2) is 5.79. The molecule has 0 saturated carbocycles. The maximum Gasteiger partial charge on any atom is 0.311 e. The quantitative estimate of drug-likeness (QED) is 0.762. The summed E-state index contributed by atoms with van der Waals surface area (Å²) in [5.41, 5.74) is 0.544. The first-order chi connectivity index (χ1) is 9.08. The predicted octanol–water partition coefficient (Wildman–Crippen LogP) is 0.0757. The van der Waals surface area contributed by atoms with Crippen LogP contribution in [0, 0.1) is 0 Å². The van der Waals surface area contributed by atoms with Crippen molar-refractivity contribution in [1.82, 2.24) is 10.3 Å². The van der Waals surface area contributed by atoms with Gasteiger partial charge in [0.05, 0.1) is 19.2 Å². The molecule has 1 aromatic rings. The summed E-state index contributed by atoms with van der Waals surface area (Å²) in [6.45, 7) is 0. The second-order valence-electron chi connectivity index (χ2n) is 4.04. The van der Waals surface area contributed by atoms with E-state index in [1.54, 1.807) is 5.38 Å². The van der Waals surface area contributed by atoms with Crippen molar-refractivity contribution >= 4 is 34.3 Å². The second-order valence-corrected chi connectivity index (χ2v) is 4.90. The third-order valence-corrected chi connectivity index (χ3v) is 3.45. The summed E-state index contributed by atoms with van der Waals surface area (Å²) in [6, 6.07) is -0.500. The Morgan fingerprint density at radius 1 is 1.63 bits per heavy atom. The number of aromatic nitrogens is 1. The van der Waals surface area contributed by atoms with E-state index in [-0.39, 0.29) is 24.2 Å². The lowest BCUT2D eigenvalue weighted by Gasteiger charge is -2.08. The molecule has 8 heteroatoms. The van der Waals surface area contributed by atoms with Gasteiger partial charge in [-0.15, -0.1) is 11.3 Å². The van der Waals surface area contributed by atoms with Crippen molar-refractivity contribution in [3.8, 4) is 0 Å². The van der Waals surface area contributed by atoms with Crippen LogP contribution >= 0.6 is 11.3 Å². The zero-order chi connectivity index (χ0) is 13.8. The first kappa shape index (κ1) is 13.5. The minimum Gasteiger partial charge on any atom is -0.469 e. The summed E-state index contributed by atoms with van der Waals surface area (Å²) in [5.74, 6) is -0.790. The van der Waals surface area contributed by atoms with Gasteiger partial charge < -0.3 is 15.4 Å². The molecule has 0 radical (unpaired) electrons. The van der Waals surface area contributed by atoms with E-state index in [4.69, 9.17) is 0 Å². The number of ether oxygens (including phenoxy) is 1. The Kier molecular flexibility index (Phi) is 4.10. The van der Waals surface area contributed by atoms with E-state index in [0.29, 0.717) is 23.7 Å². The molecule has 2 N–H and O–H groups in total. The number of anilines is 1. The van der Waals surface area contributed by atoms with E-state index in [1.807, 2.05) is 0 Å². The van der Waals surface area contributed by atoms with Crippen molar-refractivity contribution in [3.05, 3.63) is 11.1 Å². The van der Waals surface area contributed by atoms with Crippen LogP contribution < -0.4 is 10.6 Å². The molecule has 1 aliphatic heterocycles. The largest absolute Gasteiger partial charge is 0.469 e. The highest BCUT2D eigenvalue weighted by molar-refractivity contribution is 7.13. The van der Waals surface area contributed by atoms with E-state index in [9.17, 15) is 14.4 Å². The molecular formula is C11H13N3O4S. The van der Waals surface area contributed by atoms with Crippen molar-refractivity contribution < 1.29 is 19.1 Å². The number of methoxy groups -OCH3 is 1. The summed E-state index contributed by atoms with van der Waals surface area (Å²) in [7, 11) is 1.31. The molecular weight excluding hydrogens is 270 g/mol. The van der Waals surface area contributed by atoms with Gasteiger partial charge in [0.25, 0.3) is 0 Å². The van der Waals surface area contributed by atoms with Crippen molar-refractivity contribution in [2.45, 2.75) is 25.3 Å². The highest BCUT2D eigenvalue weighted by Gasteiger charge is 2.27. The Morgan fingerprint density at radius 3 is 3.05 bits per heavy atom. The molecule has 0 aliphatic carbocycles. The van der Waals surface area contributed by atoms with E-state index in [0.717, 1.165) is 0 Å². The normalized spacial score (nSPS) is 17.9. The lowest BCUT2D eigenvalue weighted by atomic mass is 10.2. The molecule has 1 fully saturated rings. The van der Waals surface area contributed by atoms with Crippen LogP contribution in [-0.2, 0) is 25.5 Å². The van der Waals surface area contributed by atoms with E-state index < -0.39 is 6.04 Å². The van der Waals surface area contributed by atoms with Crippen LogP contribution in [0.25, 0.3) is 0 Å². The van der Waals surface area contributed by atoms with E-state index in [2.05, 4.69) is 20.4 Å². The Hall–Kier alpha value is -1.96. The number of hydrogen-bond donors (Lipinski definition) is 2. The highest BCUT2D eigenvalue weighted by atomic mass is 32.1. The Bertz CT molecular complexity index is 514. The minimum atomic E-state index is -0.500. The maximum absolute atomic E-state index is 11.8. The first-order valence-electron chi connectivity index (χ1n) is 5.70. The van der Waals surface area contributed by atoms with Crippen molar-refractivity contribution in [2.75, 3.05) is 12.4 Å². The molecule has 0 bridgehead atoms. The minimum absolute atomic E-state index is 0.0725. The van der Waals surface area contributed by atoms with Crippen molar-refractivity contribution in [2.24, 2.45) is 0 Å². The van der Waals surface area contributed by atoms with Crippen molar-refractivity contribution in [3.63, 3.8) is 0 Å². The van der Waals surface area contributed by atoms with Gasteiger partial charge >= 0.3 is 5.97 Å². The molecule has 102 valence electrons. The molecule has 7 nitrogen and oxygen atoms in total. The van der Waals surface area contributed by atoms with Gasteiger partial charge in [0.15, 0.2) is 5.13 Å². The average molecular weight is 283 g/mol. The zero-order valence-corrected chi connectivity index (χ0v) is 11.1. The van der Waals surface area contributed by atoms with E-state index >= 15 is 0 Å². The highest BCUT2D eigenvalue weighted by Crippen LogP contribution is 2.17. The lowest BCUT2D eigenvalue weighted by Crippen LogP contribution is -2.37. The fourth-order valence-electron chi connectivity index (χ4n) is 1.67. The van der Waals surface area contributed by atoms with Crippen molar-refractivity contribution in [1.29, 1.82) is 0 Å². The smallest absolute Gasteiger partial charge is 0.311 e. The van der Waals surface area contributed by atoms with Gasteiger partial charge in [0, 0.05) is 11.8 Å². The number of carbonyl (C=O) groups excluding carboxylic acids is 3. The summed E-state index contributed by atoms with van der Waals surface area (Å²) >= 11 is 1.23. The Morgan fingerprint density at radius 2 is 2.42 bits per heavy atom. The number of nitrogens with zero attached hydrogens (tertiary/aromatic N) is 1. The Labute approximate surface area is 113 Å². The van der Waals surface area contributed by atoms with Gasteiger partial charge in [-0.25, -0.2) is 4.98 Å². The van der Waals surface area contributed by atoms with Gasteiger partial charge in [0.2, 0.25) is 11.8 Å². The predicted molar refractivity (Wildman–Crippen MR) is 67.6 cm³/mol. The van der Waals surface area contributed by atoms with Crippen LogP contribution in [0.5, 0.6) is 0 Å². The van der Waals surface area contributed by atoms with Crippen LogP contribution in [-0.4, -0.2) is 35.9 Å². The molecule has 2 amide bonds. The number of nitrogens with one attached hydrogen (secondary N) is 2.